The minimum atomic E-state index is -4.40. The first-order chi connectivity index (χ1) is 18.7. The number of carboxylic acid groups (broad SMARTS) is 1. The SMILES string of the molecule is C[C@H](Oc1ccc2c(ccn2CC(=O)O)c1)c1sc(-c2ccc(C(F)(F)F)cc2)nc1CCc1ccccc1. The van der Waals surface area contributed by atoms with Crippen LogP contribution >= 0.6 is 11.3 Å². The highest BCUT2D eigenvalue weighted by Crippen LogP contribution is 2.37. The molecular weight excluding hydrogens is 525 g/mol. The molecule has 5 aromatic rings. The highest BCUT2D eigenvalue weighted by Gasteiger charge is 2.30. The molecule has 0 amide bonds. The second kappa shape index (κ2) is 10.9. The first kappa shape index (κ1) is 26.5. The van der Waals surface area contributed by atoms with Gasteiger partial charge < -0.3 is 14.4 Å². The minimum absolute atomic E-state index is 0.127. The van der Waals surface area contributed by atoms with E-state index in [2.05, 4.69) is 12.1 Å². The van der Waals surface area contributed by atoms with Crippen molar-refractivity contribution in [2.24, 2.45) is 0 Å². The molecule has 3 aromatic carbocycles. The highest BCUT2D eigenvalue weighted by molar-refractivity contribution is 7.15. The number of aromatic nitrogens is 2. The van der Waals surface area contributed by atoms with Crippen LogP contribution in [-0.2, 0) is 30.4 Å². The molecule has 0 unspecified atom stereocenters. The zero-order valence-electron chi connectivity index (χ0n) is 21.0. The van der Waals surface area contributed by atoms with Crippen LogP contribution in [0.2, 0.25) is 0 Å². The molecule has 0 bridgehead atoms. The van der Waals surface area contributed by atoms with E-state index in [1.165, 1.54) is 23.5 Å². The Labute approximate surface area is 227 Å². The van der Waals surface area contributed by atoms with Gasteiger partial charge in [-0.3, -0.25) is 4.79 Å². The van der Waals surface area contributed by atoms with Crippen LogP contribution in [0, 0.1) is 0 Å². The Bertz CT molecular complexity index is 1590. The molecule has 0 fully saturated rings. The van der Waals surface area contributed by atoms with Gasteiger partial charge in [-0.1, -0.05) is 42.5 Å². The summed E-state index contributed by atoms with van der Waals surface area (Å²) in [5.74, 6) is -0.292. The Kier molecular flexibility index (Phi) is 7.43. The molecule has 1 N–H and O–H groups in total. The van der Waals surface area contributed by atoms with E-state index in [1.807, 2.05) is 43.3 Å². The van der Waals surface area contributed by atoms with Crippen molar-refractivity contribution in [1.29, 1.82) is 0 Å². The lowest BCUT2D eigenvalue weighted by Gasteiger charge is -2.15. The van der Waals surface area contributed by atoms with Crippen LogP contribution < -0.4 is 4.74 Å². The molecular formula is C30H25F3N2O3S. The maximum atomic E-state index is 13.1. The number of halogens is 3. The Morgan fingerprint density at radius 3 is 2.46 bits per heavy atom. The summed E-state index contributed by atoms with van der Waals surface area (Å²) in [5, 5.41) is 10.6. The fourth-order valence-corrected chi connectivity index (χ4v) is 5.58. The first-order valence-electron chi connectivity index (χ1n) is 12.4. The number of ether oxygens (including phenoxy) is 1. The molecule has 2 aromatic heterocycles. The van der Waals surface area contributed by atoms with E-state index in [9.17, 15) is 18.0 Å². The van der Waals surface area contributed by atoms with E-state index in [-0.39, 0.29) is 12.6 Å². The molecule has 39 heavy (non-hydrogen) atoms. The maximum Gasteiger partial charge on any atom is 0.416 e. The van der Waals surface area contributed by atoms with E-state index in [4.69, 9.17) is 14.8 Å². The first-order valence-corrected chi connectivity index (χ1v) is 13.2. The number of carboxylic acids is 1. The summed E-state index contributed by atoms with van der Waals surface area (Å²) >= 11 is 1.42. The summed E-state index contributed by atoms with van der Waals surface area (Å²) in [6.45, 7) is 1.80. The summed E-state index contributed by atoms with van der Waals surface area (Å²) < 4.78 is 47.1. The maximum absolute atomic E-state index is 13.1. The van der Waals surface area contributed by atoms with Crippen molar-refractivity contribution in [3.8, 4) is 16.3 Å². The largest absolute Gasteiger partial charge is 0.485 e. The summed E-state index contributed by atoms with van der Waals surface area (Å²) in [7, 11) is 0. The molecule has 0 spiro atoms. The smallest absolute Gasteiger partial charge is 0.416 e. The molecule has 0 radical (unpaired) electrons. The van der Waals surface area contributed by atoms with E-state index < -0.39 is 17.7 Å². The number of aliphatic carboxylic acids is 1. The quantitative estimate of drug-likeness (QED) is 0.203. The number of aryl methyl sites for hydroxylation is 2. The monoisotopic (exact) mass is 550 g/mol. The van der Waals surface area contributed by atoms with Crippen LogP contribution in [-0.4, -0.2) is 20.6 Å². The van der Waals surface area contributed by atoms with Crippen molar-refractivity contribution < 1.29 is 27.8 Å². The van der Waals surface area contributed by atoms with Crippen molar-refractivity contribution in [2.75, 3.05) is 0 Å². The summed E-state index contributed by atoms with van der Waals surface area (Å²) in [5.41, 5.74) is 2.73. The van der Waals surface area contributed by atoms with Gasteiger partial charge in [-0.2, -0.15) is 13.2 Å². The molecule has 1 atom stereocenters. The van der Waals surface area contributed by atoms with Gasteiger partial charge in [0.25, 0.3) is 0 Å². The van der Waals surface area contributed by atoms with Crippen molar-refractivity contribution >= 4 is 28.2 Å². The number of thiazole rings is 1. The van der Waals surface area contributed by atoms with Gasteiger partial charge in [-0.15, -0.1) is 11.3 Å². The zero-order valence-corrected chi connectivity index (χ0v) is 21.8. The standard InChI is InChI=1S/C30H25F3N2O3S/c1-19(38-24-12-14-26-22(17-24)15-16-35(26)18-27(36)37)28-25(13-7-20-5-3-2-4-6-20)34-29(39-28)21-8-10-23(11-9-21)30(31,32)33/h2-6,8-12,14-17,19H,7,13,18H2,1H3,(H,36,37)/t19-/m0/s1. The van der Waals surface area contributed by atoms with Crippen LogP contribution in [0.5, 0.6) is 5.75 Å². The lowest BCUT2D eigenvalue weighted by molar-refractivity contribution is -0.138. The zero-order chi connectivity index (χ0) is 27.6. The molecule has 0 aliphatic heterocycles. The average Bonchev–Trinajstić information content (AvgIpc) is 3.51. The number of hydrogen-bond donors (Lipinski definition) is 1. The predicted octanol–water partition coefficient (Wildman–Crippen LogP) is 7.79. The van der Waals surface area contributed by atoms with Gasteiger partial charge in [0.05, 0.1) is 16.1 Å². The van der Waals surface area contributed by atoms with Gasteiger partial charge in [-0.25, -0.2) is 4.98 Å². The fourth-order valence-electron chi connectivity index (χ4n) is 4.49. The van der Waals surface area contributed by atoms with E-state index >= 15 is 0 Å². The lowest BCUT2D eigenvalue weighted by Crippen LogP contribution is -2.07. The molecule has 0 aliphatic rings. The molecule has 2 heterocycles. The van der Waals surface area contributed by atoms with Crippen LogP contribution in [0.1, 0.15) is 34.7 Å². The molecule has 0 saturated heterocycles. The topological polar surface area (TPSA) is 64.3 Å². The number of nitrogens with zero attached hydrogens (tertiary/aromatic N) is 2. The number of benzene rings is 3. The number of alkyl halides is 3. The molecule has 0 aliphatic carbocycles. The average molecular weight is 551 g/mol. The number of fused-ring (bicyclic) bond motifs is 1. The van der Waals surface area contributed by atoms with Gasteiger partial charge >= 0.3 is 12.1 Å². The molecule has 5 nitrogen and oxygen atoms in total. The summed E-state index contributed by atoms with van der Waals surface area (Å²) in [6, 6.07) is 22.4. The number of hydrogen-bond acceptors (Lipinski definition) is 4. The van der Waals surface area contributed by atoms with Gasteiger partial charge in [0.15, 0.2) is 0 Å². The van der Waals surface area contributed by atoms with Crippen molar-refractivity contribution in [3.63, 3.8) is 0 Å². The van der Waals surface area contributed by atoms with Crippen molar-refractivity contribution in [2.45, 2.75) is 38.6 Å². The summed E-state index contributed by atoms with van der Waals surface area (Å²) in [6.07, 6.45) is -1.62. The normalized spacial score (nSPS) is 12.5. The van der Waals surface area contributed by atoms with Gasteiger partial charge in [-0.05, 0) is 61.7 Å². The van der Waals surface area contributed by atoms with Crippen molar-refractivity contribution in [3.05, 3.63) is 107 Å². The molecule has 0 saturated carbocycles. The van der Waals surface area contributed by atoms with Gasteiger partial charge in [0.1, 0.15) is 23.4 Å². The van der Waals surface area contributed by atoms with Crippen LogP contribution in [0.4, 0.5) is 13.2 Å². The molecule has 9 heteroatoms. The Morgan fingerprint density at radius 2 is 1.77 bits per heavy atom. The second-order valence-electron chi connectivity index (χ2n) is 9.21. The Balaban J connectivity index is 1.42. The van der Waals surface area contributed by atoms with E-state index in [1.54, 1.807) is 16.8 Å². The van der Waals surface area contributed by atoms with Crippen LogP contribution in [0.25, 0.3) is 21.5 Å². The highest BCUT2D eigenvalue weighted by atomic mass is 32.1. The molecule has 200 valence electrons. The Morgan fingerprint density at radius 1 is 1.03 bits per heavy atom. The molecule has 5 rings (SSSR count). The minimum Gasteiger partial charge on any atom is -0.485 e. The van der Waals surface area contributed by atoms with E-state index in [0.717, 1.165) is 45.6 Å². The summed E-state index contributed by atoms with van der Waals surface area (Å²) in [4.78, 5) is 16.9. The third-order valence-electron chi connectivity index (χ3n) is 6.41. The predicted molar refractivity (Wildman–Crippen MR) is 145 cm³/mol. The third-order valence-corrected chi connectivity index (χ3v) is 7.72. The van der Waals surface area contributed by atoms with Gasteiger partial charge in [0.2, 0.25) is 0 Å². The number of rotatable bonds is 9. The van der Waals surface area contributed by atoms with Gasteiger partial charge in [0, 0.05) is 22.7 Å². The van der Waals surface area contributed by atoms with Crippen molar-refractivity contribution in [1.82, 2.24) is 9.55 Å². The van der Waals surface area contributed by atoms with E-state index in [0.29, 0.717) is 22.7 Å². The number of carbonyl (C=O) groups is 1. The van der Waals surface area contributed by atoms with Crippen LogP contribution in [0.3, 0.4) is 0 Å². The Hall–Kier alpha value is -4.11. The second-order valence-corrected chi connectivity index (χ2v) is 10.2. The lowest BCUT2D eigenvalue weighted by atomic mass is 10.1. The fraction of sp³-hybridized carbons (Fsp3) is 0.200. The van der Waals surface area contributed by atoms with Crippen LogP contribution in [0.15, 0.2) is 85.1 Å². The third kappa shape index (κ3) is 6.15.